The smallest absolute Gasteiger partial charge is 0.240 e. The Hall–Kier alpha value is -0.980. The Morgan fingerprint density at radius 3 is 2.42 bits per heavy atom. The summed E-state index contributed by atoms with van der Waals surface area (Å²) in [7, 11) is -1.93. The van der Waals surface area contributed by atoms with E-state index in [1.807, 2.05) is 13.8 Å². The molecule has 0 saturated carbocycles. The number of hydrogen-bond donors (Lipinski definition) is 2. The van der Waals surface area contributed by atoms with Crippen LogP contribution in [0.2, 0.25) is 0 Å². The first-order valence-electron chi connectivity index (χ1n) is 6.23. The molecule has 6 heteroatoms. The van der Waals surface area contributed by atoms with Gasteiger partial charge < -0.3 is 5.32 Å². The van der Waals surface area contributed by atoms with Crippen molar-refractivity contribution in [3.8, 4) is 0 Å². The lowest BCUT2D eigenvalue weighted by atomic mass is 10.1. The maximum Gasteiger partial charge on any atom is 0.240 e. The van der Waals surface area contributed by atoms with Crippen LogP contribution in [-0.2, 0) is 16.6 Å². The highest BCUT2D eigenvalue weighted by atomic mass is 32.2. The van der Waals surface area contributed by atoms with E-state index in [4.69, 9.17) is 0 Å². The zero-order chi connectivity index (χ0) is 14.6. The van der Waals surface area contributed by atoms with Crippen LogP contribution in [0.4, 0.5) is 4.39 Å². The van der Waals surface area contributed by atoms with E-state index in [1.54, 1.807) is 14.0 Å². The fraction of sp³-hybridized carbons (Fsp3) is 0.538. The first kappa shape index (κ1) is 16.1. The molecule has 2 N–H and O–H groups in total. The molecule has 0 spiro atoms. The first-order chi connectivity index (χ1) is 8.77. The van der Waals surface area contributed by atoms with Gasteiger partial charge in [0.15, 0.2) is 0 Å². The van der Waals surface area contributed by atoms with E-state index >= 15 is 0 Å². The van der Waals surface area contributed by atoms with Gasteiger partial charge in [-0.2, -0.15) is 0 Å². The van der Waals surface area contributed by atoms with Gasteiger partial charge >= 0.3 is 0 Å². The lowest BCUT2D eigenvalue weighted by Crippen LogP contribution is -2.36. The van der Waals surface area contributed by atoms with Crippen LogP contribution in [0.3, 0.4) is 0 Å². The van der Waals surface area contributed by atoms with Crippen molar-refractivity contribution in [3.05, 3.63) is 29.6 Å². The predicted molar refractivity (Wildman–Crippen MR) is 73.8 cm³/mol. The fourth-order valence-electron chi connectivity index (χ4n) is 1.49. The number of nitrogens with one attached hydrogen (secondary N) is 2. The third-order valence-electron chi connectivity index (χ3n) is 3.04. The summed E-state index contributed by atoms with van der Waals surface area (Å²) < 4.78 is 40.4. The van der Waals surface area contributed by atoms with Gasteiger partial charge in [-0.1, -0.05) is 13.8 Å². The molecule has 1 rings (SSSR count). The highest BCUT2D eigenvalue weighted by Crippen LogP contribution is 2.16. The van der Waals surface area contributed by atoms with Crippen LogP contribution in [-0.4, -0.2) is 21.5 Å². The highest BCUT2D eigenvalue weighted by Gasteiger charge is 2.20. The average Bonchev–Trinajstić information content (AvgIpc) is 2.31. The maximum atomic E-state index is 13.5. The van der Waals surface area contributed by atoms with Crippen molar-refractivity contribution in [2.75, 3.05) is 7.05 Å². The van der Waals surface area contributed by atoms with Crippen molar-refractivity contribution in [3.63, 3.8) is 0 Å². The van der Waals surface area contributed by atoms with E-state index < -0.39 is 15.8 Å². The second kappa shape index (κ2) is 6.45. The van der Waals surface area contributed by atoms with Gasteiger partial charge in [0.1, 0.15) is 5.82 Å². The second-order valence-electron chi connectivity index (χ2n) is 4.94. The molecule has 0 aliphatic carbocycles. The highest BCUT2D eigenvalue weighted by molar-refractivity contribution is 7.89. The minimum Gasteiger partial charge on any atom is -0.316 e. The number of halogens is 1. The number of hydrogen-bond acceptors (Lipinski definition) is 3. The van der Waals surface area contributed by atoms with E-state index in [0.29, 0.717) is 5.56 Å². The molecule has 0 aliphatic rings. The quantitative estimate of drug-likeness (QED) is 0.840. The van der Waals surface area contributed by atoms with Crippen LogP contribution in [0.1, 0.15) is 26.3 Å². The summed E-state index contributed by atoms with van der Waals surface area (Å²) in [5.74, 6) is -0.225. The van der Waals surface area contributed by atoms with Crippen LogP contribution >= 0.6 is 0 Å². The molecule has 0 saturated heterocycles. The van der Waals surface area contributed by atoms with Crippen molar-refractivity contribution >= 4 is 10.0 Å². The lowest BCUT2D eigenvalue weighted by Gasteiger charge is -2.18. The Balaban J connectivity index is 3.05. The van der Waals surface area contributed by atoms with Crippen molar-refractivity contribution in [1.29, 1.82) is 0 Å². The molecule has 0 heterocycles. The molecule has 1 unspecified atom stereocenters. The summed E-state index contributed by atoms with van der Waals surface area (Å²) in [6.07, 6.45) is 0. The van der Waals surface area contributed by atoms with Crippen LogP contribution < -0.4 is 10.0 Å². The van der Waals surface area contributed by atoms with Gasteiger partial charge in [0.05, 0.1) is 4.90 Å². The molecule has 0 amide bonds. The zero-order valence-electron chi connectivity index (χ0n) is 11.7. The second-order valence-corrected chi connectivity index (χ2v) is 6.65. The van der Waals surface area contributed by atoms with E-state index in [9.17, 15) is 12.8 Å². The maximum absolute atomic E-state index is 13.5. The van der Waals surface area contributed by atoms with Crippen LogP contribution in [0, 0.1) is 11.7 Å². The molecule has 19 heavy (non-hydrogen) atoms. The Bertz CT molecular complexity index is 529. The molecule has 1 aromatic rings. The molecular weight excluding hydrogens is 267 g/mol. The molecule has 108 valence electrons. The number of sulfonamides is 1. The zero-order valence-corrected chi connectivity index (χ0v) is 12.5. The van der Waals surface area contributed by atoms with Gasteiger partial charge in [-0.15, -0.1) is 0 Å². The van der Waals surface area contributed by atoms with E-state index in [-0.39, 0.29) is 23.4 Å². The molecule has 0 bridgehead atoms. The topological polar surface area (TPSA) is 58.2 Å². The molecule has 4 nitrogen and oxygen atoms in total. The standard InChI is InChI=1S/C13H21FN2O2S/c1-9(2)10(3)16-19(17,18)12-5-6-13(14)11(7-12)8-15-4/h5-7,9-10,15-16H,8H2,1-4H3. The van der Waals surface area contributed by atoms with Crippen molar-refractivity contribution in [1.82, 2.24) is 10.0 Å². The summed E-state index contributed by atoms with van der Waals surface area (Å²) in [6.45, 7) is 5.96. The summed E-state index contributed by atoms with van der Waals surface area (Å²) in [4.78, 5) is 0.0895. The lowest BCUT2D eigenvalue weighted by molar-refractivity contribution is 0.476. The van der Waals surface area contributed by atoms with Crippen molar-refractivity contribution < 1.29 is 12.8 Å². The minimum atomic E-state index is -3.61. The van der Waals surface area contributed by atoms with E-state index in [1.165, 1.54) is 18.2 Å². The SMILES string of the molecule is CNCc1cc(S(=O)(=O)NC(C)C(C)C)ccc1F. The first-order valence-corrected chi connectivity index (χ1v) is 7.71. The molecule has 0 fully saturated rings. The van der Waals surface area contributed by atoms with Gasteiger partial charge in [-0.05, 0) is 38.1 Å². The van der Waals surface area contributed by atoms with Crippen molar-refractivity contribution in [2.45, 2.75) is 38.3 Å². The van der Waals surface area contributed by atoms with E-state index in [2.05, 4.69) is 10.0 Å². The summed E-state index contributed by atoms with van der Waals surface area (Å²) in [5, 5.41) is 2.81. The third kappa shape index (κ3) is 4.26. The summed E-state index contributed by atoms with van der Waals surface area (Å²) in [5.41, 5.74) is 0.336. The van der Waals surface area contributed by atoms with Gasteiger partial charge in [0.2, 0.25) is 10.0 Å². The molecule has 1 aromatic carbocycles. The minimum absolute atomic E-state index is 0.0895. The fourth-order valence-corrected chi connectivity index (χ4v) is 2.94. The molecule has 0 aliphatic heterocycles. The van der Waals surface area contributed by atoms with Gasteiger partial charge in [0, 0.05) is 18.2 Å². The van der Waals surface area contributed by atoms with E-state index in [0.717, 1.165) is 0 Å². The van der Waals surface area contributed by atoms with Gasteiger partial charge in [-0.25, -0.2) is 17.5 Å². The monoisotopic (exact) mass is 288 g/mol. The number of rotatable bonds is 6. The average molecular weight is 288 g/mol. The van der Waals surface area contributed by atoms with Crippen molar-refractivity contribution in [2.24, 2.45) is 5.92 Å². The third-order valence-corrected chi connectivity index (χ3v) is 4.59. The van der Waals surface area contributed by atoms with Gasteiger partial charge in [-0.3, -0.25) is 0 Å². The molecule has 1 atom stereocenters. The van der Waals surface area contributed by atoms with Gasteiger partial charge in [0.25, 0.3) is 0 Å². The summed E-state index contributed by atoms with van der Waals surface area (Å²) >= 11 is 0. The Labute approximate surface area is 114 Å². The van der Waals surface area contributed by atoms with Crippen LogP contribution in [0.15, 0.2) is 23.1 Å². The Kier molecular flexibility index (Phi) is 5.46. The van der Waals surface area contributed by atoms with Crippen LogP contribution in [0.5, 0.6) is 0 Å². The normalized spacial score (nSPS) is 13.8. The molecule has 0 aromatic heterocycles. The Morgan fingerprint density at radius 2 is 1.89 bits per heavy atom. The predicted octanol–water partition coefficient (Wildman–Crippen LogP) is 1.87. The Morgan fingerprint density at radius 1 is 1.26 bits per heavy atom. The molecule has 0 radical (unpaired) electrons. The van der Waals surface area contributed by atoms with Crippen LogP contribution in [0.25, 0.3) is 0 Å². The largest absolute Gasteiger partial charge is 0.316 e. The number of benzene rings is 1. The summed E-state index contributed by atoms with van der Waals surface area (Å²) in [6, 6.07) is 3.65. The molecular formula is C13H21FN2O2S.